The van der Waals surface area contributed by atoms with Crippen molar-refractivity contribution in [2.24, 2.45) is 5.41 Å². The molecule has 0 saturated carbocycles. The molecule has 0 aliphatic heterocycles. The number of halogens is 3. The first-order valence-electron chi connectivity index (χ1n) is 7.65. The van der Waals surface area contributed by atoms with Crippen molar-refractivity contribution in [1.29, 1.82) is 0 Å². The van der Waals surface area contributed by atoms with Crippen molar-refractivity contribution in [2.75, 3.05) is 0 Å². The second-order valence-corrected chi connectivity index (χ2v) is 9.46. The van der Waals surface area contributed by atoms with Gasteiger partial charge < -0.3 is 4.43 Å². The van der Waals surface area contributed by atoms with Gasteiger partial charge in [0.15, 0.2) is 21.0 Å². The van der Waals surface area contributed by atoms with Gasteiger partial charge in [-0.15, -0.1) is 0 Å². The van der Waals surface area contributed by atoms with E-state index in [1.165, 1.54) is 6.07 Å². The van der Waals surface area contributed by atoms with Crippen LogP contribution in [-0.4, -0.2) is 24.9 Å². The lowest BCUT2D eigenvalue weighted by Crippen LogP contribution is -2.26. The highest BCUT2D eigenvalue weighted by Gasteiger charge is 2.36. The third kappa shape index (κ3) is 3.70. The van der Waals surface area contributed by atoms with E-state index in [0.29, 0.717) is 11.8 Å². The monoisotopic (exact) mass is 358 g/mol. The van der Waals surface area contributed by atoms with E-state index < -0.39 is 20.9 Å². The number of hydrogen-bond acceptors (Lipinski definition) is 3. The summed E-state index contributed by atoms with van der Waals surface area (Å²) in [5, 5.41) is 3.58. The Balaban J connectivity index is 2.73. The Morgan fingerprint density at radius 2 is 1.88 bits per heavy atom. The number of hydrogen-bond donors (Lipinski definition) is 0. The van der Waals surface area contributed by atoms with E-state index in [1.807, 2.05) is 33.9 Å². The molecule has 0 spiro atoms. The number of pyridine rings is 1. The van der Waals surface area contributed by atoms with Crippen molar-refractivity contribution < 1.29 is 22.4 Å². The van der Waals surface area contributed by atoms with Crippen LogP contribution in [0.2, 0.25) is 13.1 Å². The van der Waals surface area contributed by atoms with Crippen molar-refractivity contribution >= 4 is 20.8 Å². The summed E-state index contributed by atoms with van der Waals surface area (Å²) < 4.78 is 46.3. The summed E-state index contributed by atoms with van der Waals surface area (Å²) >= 11 is 0. The number of carbonyl (C=O) groups is 1. The molecule has 2 aromatic heterocycles. The van der Waals surface area contributed by atoms with Crippen LogP contribution in [0, 0.1) is 5.41 Å². The van der Waals surface area contributed by atoms with Crippen LogP contribution in [0.3, 0.4) is 0 Å². The Morgan fingerprint density at radius 3 is 2.33 bits per heavy atom. The number of fused-ring (bicyclic) bond motifs is 1. The number of alkyl halides is 3. The van der Waals surface area contributed by atoms with E-state index in [1.54, 1.807) is 6.07 Å². The molecule has 132 valence electrons. The largest absolute Gasteiger partial charge is 0.435 e. The van der Waals surface area contributed by atoms with Crippen molar-refractivity contribution in [2.45, 2.75) is 46.1 Å². The van der Waals surface area contributed by atoms with Gasteiger partial charge in [-0.25, -0.2) is 4.52 Å². The lowest BCUT2D eigenvalue weighted by molar-refractivity contribution is -0.141. The number of aromatic nitrogens is 2. The SMILES string of the molecule is C[SiH](C)OC(c1ccc(C=O)n2nc(C(F)(F)F)cc12)C(C)(C)C. The fourth-order valence-electron chi connectivity index (χ4n) is 2.58. The molecule has 2 rings (SSSR count). The van der Waals surface area contributed by atoms with Crippen LogP contribution in [-0.2, 0) is 10.6 Å². The van der Waals surface area contributed by atoms with Crippen molar-refractivity contribution in [3.8, 4) is 0 Å². The van der Waals surface area contributed by atoms with E-state index in [2.05, 4.69) is 5.10 Å². The molecule has 2 heterocycles. The van der Waals surface area contributed by atoms with Crippen LogP contribution in [0.4, 0.5) is 13.2 Å². The Kier molecular flexibility index (Phi) is 4.92. The molecule has 4 nitrogen and oxygen atoms in total. The maximum Gasteiger partial charge on any atom is 0.435 e. The molecule has 0 bridgehead atoms. The van der Waals surface area contributed by atoms with E-state index in [-0.39, 0.29) is 22.7 Å². The summed E-state index contributed by atoms with van der Waals surface area (Å²) in [5.41, 5.74) is -0.409. The highest BCUT2D eigenvalue weighted by Crippen LogP contribution is 2.40. The molecule has 0 amide bonds. The molecule has 0 aromatic carbocycles. The minimum Gasteiger partial charge on any atom is -0.413 e. The van der Waals surface area contributed by atoms with Gasteiger partial charge in [-0.3, -0.25) is 4.79 Å². The number of nitrogens with zero attached hydrogens (tertiary/aromatic N) is 2. The summed E-state index contributed by atoms with van der Waals surface area (Å²) in [6.07, 6.45) is -4.47. The van der Waals surface area contributed by atoms with Crippen molar-refractivity contribution in [3.63, 3.8) is 0 Å². The Bertz CT molecular complexity index is 748. The van der Waals surface area contributed by atoms with Gasteiger partial charge in [-0.05, 0) is 30.6 Å². The van der Waals surface area contributed by atoms with Crippen LogP contribution in [0.1, 0.15) is 48.6 Å². The first kappa shape index (κ1) is 18.7. The average Bonchev–Trinajstić information content (AvgIpc) is 2.87. The number of aldehydes is 1. The van der Waals surface area contributed by atoms with E-state index in [0.717, 1.165) is 10.6 Å². The maximum atomic E-state index is 13.1. The highest BCUT2D eigenvalue weighted by molar-refractivity contribution is 6.48. The molecule has 8 heteroatoms. The van der Waals surface area contributed by atoms with E-state index in [9.17, 15) is 18.0 Å². The lowest BCUT2D eigenvalue weighted by atomic mass is 9.84. The highest BCUT2D eigenvalue weighted by atomic mass is 28.3. The molecule has 1 unspecified atom stereocenters. The van der Waals surface area contributed by atoms with Gasteiger partial charge in [0.25, 0.3) is 0 Å². The van der Waals surface area contributed by atoms with Crippen LogP contribution in [0.5, 0.6) is 0 Å². The summed E-state index contributed by atoms with van der Waals surface area (Å²) in [6.45, 7) is 9.93. The minimum atomic E-state index is -4.58. The zero-order chi connectivity index (χ0) is 18.3. The van der Waals surface area contributed by atoms with Gasteiger partial charge in [-0.2, -0.15) is 18.3 Å². The molecular formula is C16H21F3N2O2Si. The van der Waals surface area contributed by atoms with Gasteiger partial charge in [0.05, 0.1) is 11.6 Å². The molecule has 0 saturated heterocycles. The number of rotatable bonds is 4. The Labute approximate surface area is 140 Å². The quantitative estimate of drug-likeness (QED) is 0.606. The zero-order valence-electron chi connectivity index (χ0n) is 14.3. The molecule has 0 aliphatic rings. The van der Waals surface area contributed by atoms with Crippen LogP contribution in [0.25, 0.3) is 5.52 Å². The third-order valence-corrected chi connectivity index (χ3v) is 4.39. The van der Waals surface area contributed by atoms with E-state index >= 15 is 0 Å². The average molecular weight is 358 g/mol. The molecule has 0 aliphatic carbocycles. The molecule has 1 atom stereocenters. The molecule has 0 N–H and O–H groups in total. The minimum absolute atomic E-state index is 0.0682. The fourth-order valence-corrected chi connectivity index (χ4v) is 3.68. The maximum absolute atomic E-state index is 13.1. The molecule has 24 heavy (non-hydrogen) atoms. The second kappa shape index (κ2) is 6.32. The third-order valence-electron chi connectivity index (χ3n) is 3.57. The number of carbonyl (C=O) groups excluding carboxylic acids is 1. The summed E-state index contributed by atoms with van der Waals surface area (Å²) in [5.74, 6) is 0. The molecule has 2 aromatic rings. The van der Waals surface area contributed by atoms with Crippen LogP contribution < -0.4 is 0 Å². The zero-order valence-corrected chi connectivity index (χ0v) is 15.5. The molecule has 0 fully saturated rings. The van der Waals surface area contributed by atoms with Gasteiger partial charge in [-0.1, -0.05) is 26.8 Å². The van der Waals surface area contributed by atoms with Gasteiger partial charge in [0, 0.05) is 5.56 Å². The normalized spacial score (nSPS) is 14.4. The van der Waals surface area contributed by atoms with Gasteiger partial charge in [0.1, 0.15) is 5.69 Å². The first-order valence-corrected chi connectivity index (χ1v) is 10.4. The lowest BCUT2D eigenvalue weighted by Gasteiger charge is -2.33. The second-order valence-electron chi connectivity index (χ2n) is 7.09. The predicted molar refractivity (Wildman–Crippen MR) is 87.7 cm³/mol. The smallest absolute Gasteiger partial charge is 0.413 e. The summed E-state index contributed by atoms with van der Waals surface area (Å²) in [6, 6.07) is 4.12. The Hall–Kier alpha value is -1.67. The summed E-state index contributed by atoms with van der Waals surface area (Å²) in [7, 11) is -1.45. The van der Waals surface area contributed by atoms with Gasteiger partial charge in [0.2, 0.25) is 0 Å². The van der Waals surface area contributed by atoms with Crippen LogP contribution in [0.15, 0.2) is 18.2 Å². The van der Waals surface area contributed by atoms with Crippen molar-refractivity contribution in [3.05, 3.63) is 35.2 Å². The topological polar surface area (TPSA) is 43.6 Å². The molecule has 0 radical (unpaired) electrons. The molecular weight excluding hydrogens is 337 g/mol. The summed E-state index contributed by atoms with van der Waals surface area (Å²) in [4.78, 5) is 11.2. The van der Waals surface area contributed by atoms with Crippen molar-refractivity contribution in [1.82, 2.24) is 9.61 Å². The van der Waals surface area contributed by atoms with Gasteiger partial charge >= 0.3 is 6.18 Å². The first-order chi connectivity index (χ1) is 10.9. The predicted octanol–water partition coefficient (Wildman–Crippen LogP) is 4.25. The standard InChI is InChI=1S/C16H21F3N2O2Si/c1-15(2,3)14(23-24(4)5)11-7-6-10(9-22)21-12(11)8-13(20-21)16(17,18)19/h6-9,14,24H,1-5H3. The van der Waals surface area contributed by atoms with Crippen LogP contribution >= 0.6 is 0 Å². The van der Waals surface area contributed by atoms with E-state index in [4.69, 9.17) is 4.43 Å². The fraction of sp³-hybridized carbons (Fsp3) is 0.500. The Morgan fingerprint density at radius 1 is 1.25 bits per heavy atom.